The number of piperidine rings is 1. The summed E-state index contributed by atoms with van der Waals surface area (Å²) < 4.78 is 0. The van der Waals surface area contributed by atoms with Crippen molar-refractivity contribution >= 4 is 17.7 Å². The van der Waals surface area contributed by atoms with E-state index in [1.165, 1.54) is 0 Å². The van der Waals surface area contributed by atoms with Crippen molar-refractivity contribution < 1.29 is 4.79 Å². The molecule has 1 amide bonds. The summed E-state index contributed by atoms with van der Waals surface area (Å²) in [5.74, 6) is 1.30. The number of nitrogens with zero attached hydrogens (tertiary/aromatic N) is 5. The highest BCUT2D eigenvalue weighted by molar-refractivity contribution is 5.99. The minimum absolute atomic E-state index is 0.0743. The summed E-state index contributed by atoms with van der Waals surface area (Å²) in [6, 6.07) is 5.47. The van der Waals surface area contributed by atoms with Crippen molar-refractivity contribution in [3.63, 3.8) is 0 Å². The van der Waals surface area contributed by atoms with E-state index in [0.717, 1.165) is 19.4 Å². The molecule has 126 valence electrons. The molecule has 24 heavy (non-hydrogen) atoms. The first-order valence-electron chi connectivity index (χ1n) is 8.10. The summed E-state index contributed by atoms with van der Waals surface area (Å²) in [6.07, 6.45) is 7.12. The average Bonchev–Trinajstić information content (AvgIpc) is 2.62. The number of carbonyl (C=O) groups excluding carboxylic acids is 1. The fourth-order valence-electron chi connectivity index (χ4n) is 2.92. The zero-order valence-corrected chi connectivity index (χ0v) is 14.0. The molecule has 0 aliphatic carbocycles. The molecule has 2 aromatic heterocycles. The van der Waals surface area contributed by atoms with Gasteiger partial charge in [-0.25, -0.2) is 15.0 Å². The number of aromatic nitrogens is 3. The number of hydrogen-bond donors (Lipinski definition) is 1. The molecule has 3 heterocycles. The van der Waals surface area contributed by atoms with Crippen LogP contribution in [-0.4, -0.2) is 54.1 Å². The SMILES string of the molecule is CN(C)c1ncccc1C(=O)N[C@H]1CCCN(c2ncccn2)C1. The van der Waals surface area contributed by atoms with Crippen LogP contribution in [0.1, 0.15) is 23.2 Å². The quantitative estimate of drug-likeness (QED) is 0.914. The second-order valence-electron chi connectivity index (χ2n) is 6.08. The maximum Gasteiger partial charge on any atom is 0.255 e. The van der Waals surface area contributed by atoms with Crippen molar-refractivity contribution in [2.75, 3.05) is 37.0 Å². The lowest BCUT2D eigenvalue weighted by Crippen LogP contribution is -2.48. The molecule has 0 spiro atoms. The van der Waals surface area contributed by atoms with Crippen molar-refractivity contribution in [1.29, 1.82) is 0 Å². The third kappa shape index (κ3) is 3.61. The Morgan fingerprint density at radius 1 is 1.21 bits per heavy atom. The first-order valence-corrected chi connectivity index (χ1v) is 8.10. The Bertz CT molecular complexity index is 690. The Morgan fingerprint density at radius 2 is 1.96 bits per heavy atom. The van der Waals surface area contributed by atoms with Gasteiger partial charge in [0, 0.05) is 51.8 Å². The normalized spacial score (nSPS) is 17.4. The second kappa shape index (κ2) is 7.25. The summed E-state index contributed by atoms with van der Waals surface area (Å²) in [6.45, 7) is 1.62. The number of anilines is 2. The van der Waals surface area contributed by atoms with Gasteiger partial charge < -0.3 is 15.1 Å². The maximum atomic E-state index is 12.7. The standard InChI is InChI=1S/C17H22N6O/c1-22(2)15-14(7-3-8-18-15)16(24)21-13-6-4-11-23(12-13)17-19-9-5-10-20-17/h3,5,7-10,13H,4,6,11-12H2,1-2H3,(H,21,24)/t13-/m0/s1. The average molecular weight is 326 g/mol. The van der Waals surface area contributed by atoms with Gasteiger partial charge in [-0.3, -0.25) is 4.79 Å². The molecule has 2 aromatic rings. The molecule has 7 nitrogen and oxygen atoms in total. The highest BCUT2D eigenvalue weighted by Gasteiger charge is 2.24. The molecule has 3 rings (SSSR count). The van der Waals surface area contributed by atoms with E-state index in [2.05, 4.69) is 25.2 Å². The van der Waals surface area contributed by atoms with Gasteiger partial charge in [0.05, 0.1) is 5.56 Å². The molecule has 1 aliphatic heterocycles. The number of pyridine rings is 1. The lowest BCUT2D eigenvalue weighted by Gasteiger charge is -2.33. The lowest BCUT2D eigenvalue weighted by molar-refractivity contribution is 0.0933. The highest BCUT2D eigenvalue weighted by Crippen LogP contribution is 2.18. The van der Waals surface area contributed by atoms with Crippen LogP contribution in [0.2, 0.25) is 0 Å². The van der Waals surface area contributed by atoms with Crippen molar-refractivity contribution in [1.82, 2.24) is 20.3 Å². The molecule has 1 fully saturated rings. The van der Waals surface area contributed by atoms with E-state index in [4.69, 9.17) is 0 Å². The number of hydrogen-bond acceptors (Lipinski definition) is 6. The van der Waals surface area contributed by atoms with Crippen LogP contribution in [0.3, 0.4) is 0 Å². The van der Waals surface area contributed by atoms with Crippen molar-refractivity contribution in [2.45, 2.75) is 18.9 Å². The number of carbonyl (C=O) groups is 1. The molecule has 0 radical (unpaired) electrons. The van der Waals surface area contributed by atoms with Gasteiger partial charge in [-0.15, -0.1) is 0 Å². The molecule has 0 aromatic carbocycles. The van der Waals surface area contributed by atoms with Crippen molar-refractivity contribution in [2.24, 2.45) is 0 Å². The van der Waals surface area contributed by atoms with E-state index in [0.29, 0.717) is 23.9 Å². The highest BCUT2D eigenvalue weighted by atomic mass is 16.1. The van der Waals surface area contributed by atoms with Crippen LogP contribution in [0.15, 0.2) is 36.8 Å². The van der Waals surface area contributed by atoms with Gasteiger partial charge in [-0.1, -0.05) is 0 Å². The van der Waals surface area contributed by atoms with Crippen LogP contribution < -0.4 is 15.1 Å². The summed E-state index contributed by atoms with van der Waals surface area (Å²) in [5, 5.41) is 3.13. The first-order chi connectivity index (χ1) is 11.6. The molecule has 0 unspecified atom stereocenters. The van der Waals surface area contributed by atoms with E-state index in [-0.39, 0.29) is 11.9 Å². The summed E-state index contributed by atoms with van der Waals surface area (Å²) in [4.78, 5) is 29.5. The van der Waals surface area contributed by atoms with Gasteiger partial charge in [-0.2, -0.15) is 0 Å². The van der Waals surface area contributed by atoms with Gasteiger partial charge in [0.15, 0.2) is 0 Å². The van der Waals surface area contributed by atoms with Crippen molar-refractivity contribution in [3.8, 4) is 0 Å². The zero-order chi connectivity index (χ0) is 16.9. The second-order valence-corrected chi connectivity index (χ2v) is 6.08. The van der Waals surface area contributed by atoms with Gasteiger partial charge in [0.25, 0.3) is 5.91 Å². The fraction of sp³-hybridized carbons (Fsp3) is 0.412. The third-order valence-corrected chi connectivity index (χ3v) is 4.05. The van der Waals surface area contributed by atoms with Gasteiger partial charge in [-0.05, 0) is 31.0 Å². The molecule has 1 aliphatic rings. The largest absolute Gasteiger partial charge is 0.362 e. The van der Waals surface area contributed by atoms with E-state index >= 15 is 0 Å². The minimum atomic E-state index is -0.0902. The molecule has 1 N–H and O–H groups in total. The Kier molecular flexibility index (Phi) is 4.88. The minimum Gasteiger partial charge on any atom is -0.362 e. The van der Waals surface area contributed by atoms with Crippen LogP contribution >= 0.6 is 0 Å². The predicted molar refractivity (Wildman–Crippen MR) is 93.3 cm³/mol. The van der Waals surface area contributed by atoms with Crippen LogP contribution in [0, 0.1) is 0 Å². The fourth-order valence-corrected chi connectivity index (χ4v) is 2.92. The van der Waals surface area contributed by atoms with E-state index in [1.807, 2.05) is 19.0 Å². The Hall–Kier alpha value is -2.70. The Morgan fingerprint density at radius 3 is 2.71 bits per heavy atom. The molecular weight excluding hydrogens is 304 g/mol. The smallest absolute Gasteiger partial charge is 0.255 e. The molecule has 0 bridgehead atoms. The molecule has 1 saturated heterocycles. The Balaban J connectivity index is 1.69. The Labute approximate surface area is 141 Å². The van der Waals surface area contributed by atoms with Crippen molar-refractivity contribution in [3.05, 3.63) is 42.4 Å². The van der Waals surface area contributed by atoms with Crippen LogP contribution in [0.5, 0.6) is 0 Å². The number of amides is 1. The monoisotopic (exact) mass is 326 g/mol. The van der Waals surface area contributed by atoms with E-state index in [9.17, 15) is 4.79 Å². The molecule has 0 saturated carbocycles. The first kappa shape index (κ1) is 16.2. The lowest BCUT2D eigenvalue weighted by atomic mass is 10.1. The number of rotatable bonds is 4. The number of nitrogens with one attached hydrogen (secondary N) is 1. The van der Waals surface area contributed by atoms with E-state index < -0.39 is 0 Å². The van der Waals surface area contributed by atoms with Gasteiger partial charge >= 0.3 is 0 Å². The van der Waals surface area contributed by atoms with E-state index in [1.54, 1.807) is 36.8 Å². The van der Waals surface area contributed by atoms with Crippen LogP contribution in [0.25, 0.3) is 0 Å². The summed E-state index contributed by atoms with van der Waals surface area (Å²) in [7, 11) is 3.77. The van der Waals surface area contributed by atoms with Gasteiger partial charge in [0.1, 0.15) is 5.82 Å². The van der Waals surface area contributed by atoms with Crippen LogP contribution in [-0.2, 0) is 0 Å². The summed E-state index contributed by atoms with van der Waals surface area (Å²) >= 11 is 0. The predicted octanol–water partition coefficient (Wildman–Crippen LogP) is 1.34. The molecule has 7 heteroatoms. The maximum absolute atomic E-state index is 12.7. The molecule has 1 atom stereocenters. The van der Waals surface area contributed by atoms with Crippen LogP contribution in [0.4, 0.5) is 11.8 Å². The molecular formula is C17H22N6O. The van der Waals surface area contributed by atoms with Gasteiger partial charge in [0.2, 0.25) is 5.95 Å². The summed E-state index contributed by atoms with van der Waals surface area (Å²) in [5.41, 5.74) is 0.593. The topological polar surface area (TPSA) is 74.2 Å². The zero-order valence-electron chi connectivity index (χ0n) is 14.0. The third-order valence-electron chi connectivity index (χ3n) is 4.05.